The van der Waals surface area contributed by atoms with E-state index in [0.29, 0.717) is 0 Å². The first-order chi connectivity index (χ1) is 52.8. The fraction of sp³-hybridized carbons (Fsp3) is 0.303. The van der Waals surface area contributed by atoms with Gasteiger partial charge in [0.15, 0.2) is 31.1 Å². The highest BCUT2D eigenvalue weighted by molar-refractivity contribution is 5.90. The third kappa shape index (κ3) is 21.7. The molecule has 554 valence electrons. The molecule has 18 heteroatoms. The van der Waals surface area contributed by atoms with Gasteiger partial charge in [-0.1, -0.05) is 279 Å². The van der Waals surface area contributed by atoms with Gasteiger partial charge in [-0.25, -0.2) is 9.59 Å². The third-order valence-electron chi connectivity index (χ3n) is 18.7. The number of hydrogen-bond acceptors (Lipinski definition) is 18. The number of hydrogen-bond donors (Lipinski definition) is 0. The Morgan fingerprint density at radius 3 is 0.804 bits per heavy atom. The summed E-state index contributed by atoms with van der Waals surface area (Å²) in [6, 6.07) is 95.4. The second kappa shape index (κ2) is 40.0. The van der Waals surface area contributed by atoms with E-state index in [9.17, 15) is 4.79 Å². The van der Waals surface area contributed by atoms with E-state index >= 15 is 4.79 Å². The molecule has 0 bridgehead atoms. The van der Waals surface area contributed by atoms with Gasteiger partial charge in [-0.05, 0) is 68.8 Å². The number of carbonyl (C=O) groups is 2. The maximum Gasteiger partial charge on any atom is 0.338 e. The first kappa shape index (κ1) is 75.8. The number of ether oxygens (including phenoxy) is 16. The van der Waals surface area contributed by atoms with E-state index in [-0.39, 0.29) is 83.8 Å². The number of carbonyl (C=O) groups excluding carboxylic acids is 2. The molecule has 10 aromatic carbocycles. The maximum absolute atomic E-state index is 15.1. The highest BCUT2D eigenvalue weighted by Crippen LogP contribution is 2.39. The van der Waals surface area contributed by atoms with Crippen LogP contribution >= 0.6 is 0 Å². The van der Waals surface area contributed by atoms with E-state index in [1.807, 2.05) is 255 Å². The van der Waals surface area contributed by atoms with Crippen molar-refractivity contribution in [3.8, 4) is 0 Å². The monoisotopic (exact) mass is 1450 g/mol. The Labute approximate surface area is 625 Å². The van der Waals surface area contributed by atoms with Gasteiger partial charge in [0, 0.05) is 7.11 Å². The molecule has 0 amide bonds. The lowest BCUT2D eigenvalue weighted by Crippen LogP contribution is -2.67. The Kier molecular flexibility index (Phi) is 28.3. The highest BCUT2D eigenvalue weighted by Gasteiger charge is 2.57. The summed E-state index contributed by atoms with van der Waals surface area (Å²) in [6.45, 7) is 0.661. The molecular formula is C89H90O18. The van der Waals surface area contributed by atoms with Crippen molar-refractivity contribution in [1.29, 1.82) is 0 Å². The Hall–Kier alpha value is -9.42. The molecule has 0 spiro atoms. The lowest BCUT2D eigenvalue weighted by Gasteiger charge is -2.50. The molecule has 0 unspecified atom stereocenters. The van der Waals surface area contributed by atoms with E-state index in [4.69, 9.17) is 75.8 Å². The second-order valence-electron chi connectivity index (χ2n) is 26.3. The summed E-state index contributed by atoms with van der Waals surface area (Å²) >= 11 is 0. The van der Waals surface area contributed by atoms with E-state index in [1.165, 1.54) is 7.11 Å². The molecule has 3 aliphatic heterocycles. The molecule has 0 radical (unpaired) electrons. The lowest BCUT2D eigenvalue weighted by atomic mass is 9.95. The first-order valence-electron chi connectivity index (χ1n) is 36.3. The van der Waals surface area contributed by atoms with Gasteiger partial charge in [-0.3, -0.25) is 0 Å². The Morgan fingerprint density at radius 1 is 0.252 bits per heavy atom. The fourth-order valence-electron chi connectivity index (χ4n) is 13.3. The van der Waals surface area contributed by atoms with Crippen LogP contribution in [0.2, 0.25) is 0 Å². The van der Waals surface area contributed by atoms with Crippen molar-refractivity contribution in [3.05, 3.63) is 359 Å². The summed E-state index contributed by atoms with van der Waals surface area (Å²) in [4.78, 5) is 30.0. The number of methoxy groups -OCH3 is 1. The van der Waals surface area contributed by atoms with E-state index in [1.54, 1.807) is 48.5 Å². The quantitative estimate of drug-likeness (QED) is 0.0338. The fourth-order valence-corrected chi connectivity index (χ4v) is 13.3. The molecule has 15 atom stereocenters. The van der Waals surface area contributed by atoms with Gasteiger partial charge in [0.2, 0.25) is 0 Å². The zero-order chi connectivity index (χ0) is 73.0. The van der Waals surface area contributed by atoms with Crippen LogP contribution in [0.1, 0.15) is 65.2 Å². The molecule has 0 N–H and O–H groups in total. The molecule has 10 aromatic rings. The van der Waals surface area contributed by atoms with Gasteiger partial charge < -0.3 is 75.8 Å². The van der Waals surface area contributed by atoms with E-state index in [0.717, 1.165) is 44.5 Å². The molecule has 0 saturated carbocycles. The summed E-state index contributed by atoms with van der Waals surface area (Å²) < 4.78 is 112. The minimum Gasteiger partial charge on any atom is -0.450 e. The molecule has 0 aromatic heterocycles. The van der Waals surface area contributed by atoms with Crippen molar-refractivity contribution in [2.45, 2.75) is 145 Å². The Bertz CT molecular complexity index is 4170. The average molecular weight is 1450 g/mol. The van der Waals surface area contributed by atoms with Crippen LogP contribution in [0.4, 0.5) is 0 Å². The molecule has 3 saturated heterocycles. The minimum absolute atomic E-state index is 0.00517. The van der Waals surface area contributed by atoms with Crippen molar-refractivity contribution in [3.63, 3.8) is 0 Å². The number of esters is 2. The van der Waals surface area contributed by atoms with Crippen LogP contribution in [0, 0.1) is 0 Å². The van der Waals surface area contributed by atoms with Gasteiger partial charge >= 0.3 is 11.9 Å². The van der Waals surface area contributed by atoms with E-state index < -0.39 is 104 Å². The van der Waals surface area contributed by atoms with E-state index in [2.05, 4.69) is 0 Å². The molecule has 3 fully saturated rings. The largest absolute Gasteiger partial charge is 0.450 e. The van der Waals surface area contributed by atoms with Crippen molar-refractivity contribution >= 4 is 11.9 Å². The number of rotatable bonds is 36. The predicted octanol–water partition coefficient (Wildman–Crippen LogP) is 14.6. The van der Waals surface area contributed by atoms with Crippen LogP contribution < -0.4 is 0 Å². The summed E-state index contributed by atoms with van der Waals surface area (Å²) in [5, 5.41) is 0. The van der Waals surface area contributed by atoms with Crippen molar-refractivity contribution in [2.75, 3.05) is 26.9 Å². The molecule has 3 aliphatic rings. The highest BCUT2D eigenvalue weighted by atomic mass is 16.8. The summed E-state index contributed by atoms with van der Waals surface area (Å²) in [6.07, 6.45) is -17.5. The zero-order valence-corrected chi connectivity index (χ0v) is 59.7. The SMILES string of the molecule is CO[C@H]1O[C@H](COCc2ccccc2)[C@@H](OCc2ccccc2)[C@H](OCc2ccccc2)[C@@H]1O[C@H]1O[C@H](CO[C@H]2O[C@H](COCc3ccccc3)[C@@H](OCc3ccccc3)[C@H](OCc3ccccc3)[C@@H]2OC(=O)c2ccccc2)[C@@H](OCc2ccccc2)[C@H](OCc2ccccc2)[C@@H]1OC(=O)c1ccccc1. The van der Waals surface area contributed by atoms with Crippen LogP contribution in [0.25, 0.3) is 0 Å². The van der Waals surface area contributed by atoms with Crippen LogP contribution in [0.15, 0.2) is 303 Å². The van der Waals surface area contributed by atoms with Crippen molar-refractivity contribution in [2.24, 2.45) is 0 Å². The molecular weight excluding hydrogens is 1360 g/mol. The normalized spacial score (nSPS) is 24.3. The summed E-state index contributed by atoms with van der Waals surface area (Å²) in [5.41, 5.74) is 7.52. The average Bonchev–Trinajstić information content (AvgIpc) is 0.769. The third-order valence-corrected chi connectivity index (χ3v) is 18.7. The minimum atomic E-state index is -1.58. The number of benzene rings is 10. The standard InChI is InChI=1S/C89H90O18/c1-92-87-82(79(98-57-68-42-22-7-23-43-68)76(95-54-65-36-16-4-17-37-65)73(102-87)60-93-52-63-32-12-2-13-33-63)107-89-84(106-86(91)72-50-30-11-31-51-72)81(100-59-70-46-26-9-27-47-70)78(97-56-67-40-20-6-21-41-67)75(104-89)62-101-88-83(105-85(90)71-48-28-10-29-49-71)80(99-58-69-44-24-8-25-45-69)77(96-55-66-38-18-5-19-39-66)74(103-88)61-94-53-64-34-14-3-15-35-64/h2-51,73-84,87-89H,52-62H2,1H3/t73-,74-,75-,76-,77-,78-,79+,80+,81+,82+,83+,84+,87+,88+,89-/m1/s1. The zero-order valence-electron chi connectivity index (χ0n) is 59.7. The molecule has 13 rings (SSSR count). The maximum atomic E-state index is 15.1. The van der Waals surface area contributed by atoms with Crippen LogP contribution in [-0.4, -0.2) is 131 Å². The van der Waals surface area contributed by atoms with Gasteiger partial charge in [0.25, 0.3) is 0 Å². The van der Waals surface area contributed by atoms with Gasteiger partial charge in [0.1, 0.15) is 61.0 Å². The van der Waals surface area contributed by atoms with Crippen LogP contribution in [0.5, 0.6) is 0 Å². The topological polar surface area (TPSA) is 182 Å². The van der Waals surface area contributed by atoms with Crippen molar-refractivity contribution in [1.82, 2.24) is 0 Å². The molecule has 3 heterocycles. The summed E-state index contributed by atoms with van der Waals surface area (Å²) in [7, 11) is 1.52. The Morgan fingerprint density at radius 2 is 0.495 bits per heavy atom. The lowest BCUT2D eigenvalue weighted by molar-refractivity contribution is -0.381. The van der Waals surface area contributed by atoms with Gasteiger partial charge in [-0.2, -0.15) is 0 Å². The first-order valence-corrected chi connectivity index (χ1v) is 36.3. The van der Waals surface area contributed by atoms with Gasteiger partial charge in [-0.15, -0.1) is 0 Å². The van der Waals surface area contributed by atoms with Crippen LogP contribution in [0.3, 0.4) is 0 Å². The molecule has 18 nitrogen and oxygen atoms in total. The Balaban J connectivity index is 0.916. The predicted molar refractivity (Wildman–Crippen MR) is 397 cm³/mol. The van der Waals surface area contributed by atoms with Crippen LogP contribution in [-0.2, 0) is 129 Å². The summed E-state index contributed by atoms with van der Waals surface area (Å²) in [5.74, 6) is -1.38. The molecule has 0 aliphatic carbocycles. The van der Waals surface area contributed by atoms with Crippen molar-refractivity contribution < 1.29 is 85.4 Å². The second-order valence-corrected chi connectivity index (χ2v) is 26.3. The molecule has 107 heavy (non-hydrogen) atoms. The smallest absolute Gasteiger partial charge is 0.338 e. The van der Waals surface area contributed by atoms with Gasteiger partial charge in [0.05, 0.1) is 83.8 Å².